The van der Waals surface area contributed by atoms with Gasteiger partial charge in [-0.25, -0.2) is 4.79 Å². The van der Waals surface area contributed by atoms with Crippen LogP contribution in [0, 0.1) is 0 Å². The summed E-state index contributed by atoms with van der Waals surface area (Å²) < 4.78 is 0. The number of piperazine rings is 1. The number of hydrogen-bond donors (Lipinski definition) is 3. The largest absolute Gasteiger partial charge is 0.336 e. The van der Waals surface area contributed by atoms with Gasteiger partial charge in [0.15, 0.2) is 0 Å². The number of rotatable bonds is 3. The Morgan fingerprint density at radius 2 is 2.09 bits per heavy atom. The van der Waals surface area contributed by atoms with Crippen molar-refractivity contribution in [1.29, 1.82) is 0 Å². The van der Waals surface area contributed by atoms with E-state index in [-0.39, 0.29) is 36.4 Å². The lowest BCUT2D eigenvalue weighted by molar-refractivity contribution is 0.0656. The Hall–Kier alpha value is -1.79. The van der Waals surface area contributed by atoms with Gasteiger partial charge in [-0.2, -0.15) is 0 Å². The van der Waals surface area contributed by atoms with E-state index in [9.17, 15) is 9.59 Å². The molecule has 0 unspecified atom stereocenters. The van der Waals surface area contributed by atoms with E-state index in [2.05, 4.69) is 16.0 Å². The predicted molar refractivity (Wildman–Crippen MR) is 94.3 cm³/mol. The van der Waals surface area contributed by atoms with Crippen LogP contribution in [0.4, 0.5) is 10.5 Å². The van der Waals surface area contributed by atoms with Crippen molar-refractivity contribution in [2.24, 2.45) is 0 Å². The van der Waals surface area contributed by atoms with E-state index in [0.717, 1.165) is 13.1 Å². The average molecular weight is 341 g/mol. The van der Waals surface area contributed by atoms with E-state index in [1.807, 2.05) is 25.7 Å². The highest BCUT2D eigenvalue weighted by atomic mass is 35.5. The van der Waals surface area contributed by atoms with Gasteiger partial charge in [-0.15, -0.1) is 12.4 Å². The topological polar surface area (TPSA) is 73.5 Å². The summed E-state index contributed by atoms with van der Waals surface area (Å²) in [5.74, 6) is 0.00178. The Morgan fingerprint density at radius 3 is 2.74 bits per heavy atom. The third-order valence-corrected chi connectivity index (χ3v) is 3.55. The number of hydrogen-bond acceptors (Lipinski definition) is 3. The monoisotopic (exact) mass is 340 g/mol. The molecule has 1 saturated heterocycles. The van der Waals surface area contributed by atoms with E-state index < -0.39 is 0 Å². The van der Waals surface area contributed by atoms with Gasteiger partial charge in [-0.1, -0.05) is 6.07 Å². The van der Waals surface area contributed by atoms with Crippen LogP contribution < -0.4 is 16.0 Å². The molecule has 6 nitrogen and oxygen atoms in total. The van der Waals surface area contributed by atoms with E-state index in [1.165, 1.54) is 0 Å². The van der Waals surface area contributed by atoms with E-state index in [4.69, 9.17) is 0 Å². The lowest BCUT2D eigenvalue weighted by Crippen LogP contribution is -2.52. The molecule has 0 radical (unpaired) electrons. The Labute approximate surface area is 143 Å². The molecule has 3 N–H and O–H groups in total. The number of carbonyl (C=O) groups is 2. The van der Waals surface area contributed by atoms with Crippen LogP contribution >= 0.6 is 12.4 Å². The zero-order valence-electron chi connectivity index (χ0n) is 13.8. The average Bonchev–Trinajstić information content (AvgIpc) is 2.46. The highest BCUT2D eigenvalue weighted by Crippen LogP contribution is 2.15. The molecule has 1 aliphatic rings. The lowest BCUT2D eigenvalue weighted by atomic mass is 10.1. The zero-order chi connectivity index (χ0) is 16.1. The van der Waals surface area contributed by atoms with Gasteiger partial charge in [0.2, 0.25) is 0 Å². The molecule has 1 fully saturated rings. The maximum Gasteiger partial charge on any atom is 0.319 e. The summed E-state index contributed by atoms with van der Waals surface area (Å²) in [6.07, 6.45) is 0. The number of anilines is 1. The first-order chi connectivity index (χ1) is 10.5. The van der Waals surface area contributed by atoms with Gasteiger partial charge in [0, 0.05) is 43.0 Å². The molecule has 0 saturated carbocycles. The molecule has 7 heteroatoms. The summed E-state index contributed by atoms with van der Waals surface area (Å²) in [5.41, 5.74) is 1.21. The second-order valence-electron chi connectivity index (χ2n) is 5.89. The standard InChI is InChI=1S/C16H24N4O2.ClH/c1-11(2)18-16(22)19-14-6-4-5-13(9-14)15(21)20-8-7-17-10-12(20)3;/h4-6,9,11-12,17H,7-8,10H2,1-3H3,(H2,18,19,22);1H/t12-;/m0./s1. The highest BCUT2D eigenvalue weighted by molar-refractivity contribution is 5.97. The van der Waals surface area contributed by atoms with Crippen LogP contribution in [0.3, 0.4) is 0 Å². The Kier molecular flexibility index (Phi) is 7.32. The molecule has 0 bridgehead atoms. The summed E-state index contributed by atoms with van der Waals surface area (Å²) >= 11 is 0. The van der Waals surface area contributed by atoms with Crippen molar-refractivity contribution in [3.63, 3.8) is 0 Å². The molecule has 23 heavy (non-hydrogen) atoms. The third kappa shape index (κ3) is 5.41. The van der Waals surface area contributed by atoms with Crippen LogP contribution in [0.2, 0.25) is 0 Å². The Bertz CT molecular complexity index is 551. The van der Waals surface area contributed by atoms with Crippen molar-refractivity contribution in [2.75, 3.05) is 25.0 Å². The van der Waals surface area contributed by atoms with E-state index >= 15 is 0 Å². The normalized spacial score (nSPS) is 17.4. The quantitative estimate of drug-likeness (QED) is 0.788. The summed E-state index contributed by atoms with van der Waals surface area (Å²) in [4.78, 5) is 26.2. The van der Waals surface area contributed by atoms with Gasteiger partial charge < -0.3 is 20.9 Å². The first-order valence-electron chi connectivity index (χ1n) is 7.66. The molecule has 2 rings (SSSR count). The number of urea groups is 1. The molecule has 1 aliphatic heterocycles. The molecule has 3 amide bonds. The van der Waals surface area contributed by atoms with Crippen LogP contribution in [0.15, 0.2) is 24.3 Å². The first-order valence-corrected chi connectivity index (χ1v) is 7.66. The SMILES string of the molecule is CC(C)NC(=O)Nc1cccc(C(=O)N2CCNC[C@@H]2C)c1.Cl. The molecule has 1 heterocycles. The van der Waals surface area contributed by atoms with Gasteiger partial charge in [0.05, 0.1) is 0 Å². The van der Waals surface area contributed by atoms with Crippen molar-refractivity contribution in [2.45, 2.75) is 32.9 Å². The minimum atomic E-state index is -0.268. The molecule has 128 valence electrons. The lowest BCUT2D eigenvalue weighted by Gasteiger charge is -2.34. The van der Waals surface area contributed by atoms with Gasteiger partial charge in [0.1, 0.15) is 0 Å². The molecule has 0 aromatic heterocycles. The number of nitrogens with one attached hydrogen (secondary N) is 3. The minimum absolute atomic E-state index is 0. The molecule has 0 aliphatic carbocycles. The molecule has 1 aromatic carbocycles. The Balaban J connectivity index is 0.00000264. The molecular weight excluding hydrogens is 316 g/mol. The van der Waals surface area contributed by atoms with Crippen molar-refractivity contribution < 1.29 is 9.59 Å². The third-order valence-electron chi connectivity index (χ3n) is 3.55. The van der Waals surface area contributed by atoms with Gasteiger partial charge in [-0.05, 0) is 39.0 Å². The summed E-state index contributed by atoms with van der Waals surface area (Å²) in [7, 11) is 0. The van der Waals surface area contributed by atoms with Crippen LogP contribution in [-0.2, 0) is 0 Å². The van der Waals surface area contributed by atoms with Crippen LogP contribution in [-0.4, -0.2) is 48.6 Å². The summed E-state index contributed by atoms with van der Waals surface area (Å²) in [6.45, 7) is 8.13. The van der Waals surface area contributed by atoms with Crippen LogP contribution in [0.1, 0.15) is 31.1 Å². The summed E-state index contributed by atoms with van der Waals surface area (Å²) in [6, 6.07) is 7.02. The molecule has 0 spiro atoms. The first kappa shape index (κ1) is 19.3. The fraction of sp³-hybridized carbons (Fsp3) is 0.500. The fourth-order valence-electron chi connectivity index (χ4n) is 2.47. The van der Waals surface area contributed by atoms with Crippen molar-refractivity contribution in [3.05, 3.63) is 29.8 Å². The van der Waals surface area contributed by atoms with Crippen LogP contribution in [0.25, 0.3) is 0 Å². The van der Waals surface area contributed by atoms with Gasteiger partial charge in [-0.3, -0.25) is 4.79 Å². The smallest absolute Gasteiger partial charge is 0.319 e. The second-order valence-corrected chi connectivity index (χ2v) is 5.89. The highest BCUT2D eigenvalue weighted by Gasteiger charge is 2.24. The Morgan fingerprint density at radius 1 is 1.35 bits per heavy atom. The molecular formula is C16H25ClN4O2. The van der Waals surface area contributed by atoms with Crippen LogP contribution in [0.5, 0.6) is 0 Å². The number of halogens is 1. The summed E-state index contributed by atoms with van der Waals surface area (Å²) in [5, 5.41) is 8.77. The van der Waals surface area contributed by atoms with Crippen molar-refractivity contribution in [3.8, 4) is 0 Å². The number of nitrogens with zero attached hydrogens (tertiary/aromatic N) is 1. The predicted octanol–water partition coefficient (Wildman–Crippen LogP) is 2.07. The maximum atomic E-state index is 12.6. The van der Waals surface area contributed by atoms with E-state index in [0.29, 0.717) is 17.8 Å². The van der Waals surface area contributed by atoms with Gasteiger partial charge in [0.25, 0.3) is 5.91 Å². The number of benzene rings is 1. The van der Waals surface area contributed by atoms with Crippen molar-refractivity contribution >= 4 is 30.0 Å². The minimum Gasteiger partial charge on any atom is -0.336 e. The maximum absolute atomic E-state index is 12.6. The fourth-order valence-corrected chi connectivity index (χ4v) is 2.47. The molecule has 1 aromatic rings. The van der Waals surface area contributed by atoms with Gasteiger partial charge >= 0.3 is 6.03 Å². The number of carbonyl (C=O) groups excluding carboxylic acids is 2. The second kappa shape index (κ2) is 8.74. The zero-order valence-corrected chi connectivity index (χ0v) is 14.6. The molecule has 1 atom stereocenters. The van der Waals surface area contributed by atoms with E-state index in [1.54, 1.807) is 24.3 Å². The van der Waals surface area contributed by atoms with Crippen molar-refractivity contribution in [1.82, 2.24) is 15.5 Å². The number of amides is 3.